The maximum atomic E-state index is 12.1. The molecule has 0 aliphatic heterocycles. The summed E-state index contributed by atoms with van der Waals surface area (Å²) >= 11 is 0. The molecule has 112 valence electrons. The molecule has 0 radical (unpaired) electrons. The van der Waals surface area contributed by atoms with Gasteiger partial charge in [-0.1, -0.05) is 6.07 Å². The summed E-state index contributed by atoms with van der Waals surface area (Å²) in [6.07, 6.45) is 4.33. The molecule has 1 aromatic carbocycles. The van der Waals surface area contributed by atoms with Crippen molar-refractivity contribution in [1.29, 1.82) is 0 Å². The monoisotopic (exact) mass is 309 g/mol. The van der Waals surface area contributed by atoms with Gasteiger partial charge in [0.25, 0.3) is 5.69 Å². The van der Waals surface area contributed by atoms with Crippen molar-refractivity contribution in [1.82, 2.24) is 9.29 Å². The first-order valence-electron chi connectivity index (χ1n) is 6.23. The highest BCUT2D eigenvalue weighted by Gasteiger charge is 2.17. The molecule has 0 saturated carbocycles. The van der Waals surface area contributed by atoms with Gasteiger partial charge in [0.1, 0.15) is 0 Å². The van der Waals surface area contributed by atoms with Gasteiger partial charge >= 0.3 is 0 Å². The molecule has 2 rings (SSSR count). The topological polar surface area (TPSA) is 94.2 Å². The van der Waals surface area contributed by atoms with E-state index in [0.717, 1.165) is 11.6 Å². The third-order valence-corrected chi connectivity index (χ3v) is 4.40. The first kappa shape index (κ1) is 15.2. The minimum absolute atomic E-state index is 0.107. The lowest BCUT2D eigenvalue weighted by molar-refractivity contribution is -0.385. The number of hydrogen-bond donors (Lipinski definition) is 1. The molecule has 1 N–H and O–H groups in total. The molecule has 0 unspecified atom stereocenters. The Hall–Kier alpha value is -2.19. The molecule has 1 heterocycles. The second kappa shape index (κ2) is 6.06. The predicted molar refractivity (Wildman–Crippen MR) is 77.4 cm³/mol. The summed E-state index contributed by atoms with van der Waals surface area (Å²) in [6, 6.07) is 6.89. The highest BCUT2D eigenvalue weighted by atomic mass is 32.2. The van der Waals surface area contributed by atoms with E-state index in [-0.39, 0.29) is 17.1 Å². The fraction of sp³-hybridized carbons (Fsp3) is 0.231. The minimum Gasteiger partial charge on any atom is -0.357 e. The van der Waals surface area contributed by atoms with Crippen molar-refractivity contribution >= 4 is 15.7 Å². The number of aromatic nitrogens is 1. The SMILES string of the molecule is Cn1ccc(CCNS(=O)(=O)c2cccc([N+](=O)[O-])c2)c1. The standard InChI is InChI=1S/C13H15N3O4S/c1-15-8-6-11(10-15)5-7-14-21(19,20)13-4-2-3-12(9-13)16(17)18/h2-4,6,8-10,14H,5,7H2,1H3. The van der Waals surface area contributed by atoms with E-state index in [0.29, 0.717) is 6.42 Å². The van der Waals surface area contributed by atoms with Crippen LogP contribution in [0.15, 0.2) is 47.6 Å². The maximum Gasteiger partial charge on any atom is 0.270 e. The van der Waals surface area contributed by atoms with Crippen LogP contribution in [0.5, 0.6) is 0 Å². The molecule has 1 aromatic heterocycles. The van der Waals surface area contributed by atoms with Crippen LogP contribution in [0.3, 0.4) is 0 Å². The molecular formula is C13H15N3O4S. The summed E-state index contributed by atoms with van der Waals surface area (Å²) in [4.78, 5) is 9.94. The Labute approximate surface area is 122 Å². The van der Waals surface area contributed by atoms with E-state index in [1.54, 1.807) is 0 Å². The molecule has 0 aliphatic rings. The lowest BCUT2D eigenvalue weighted by atomic mass is 10.2. The number of benzene rings is 1. The molecule has 0 aliphatic carbocycles. The number of rotatable bonds is 6. The van der Waals surface area contributed by atoms with Gasteiger partial charge in [0.15, 0.2) is 0 Å². The van der Waals surface area contributed by atoms with E-state index < -0.39 is 14.9 Å². The zero-order chi connectivity index (χ0) is 15.5. The number of non-ortho nitro benzene ring substituents is 1. The number of nitro benzene ring substituents is 1. The number of sulfonamides is 1. The largest absolute Gasteiger partial charge is 0.357 e. The van der Waals surface area contributed by atoms with Crippen LogP contribution in [-0.4, -0.2) is 24.5 Å². The van der Waals surface area contributed by atoms with Crippen molar-refractivity contribution in [3.8, 4) is 0 Å². The van der Waals surface area contributed by atoms with E-state index >= 15 is 0 Å². The highest BCUT2D eigenvalue weighted by molar-refractivity contribution is 7.89. The molecule has 21 heavy (non-hydrogen) atoms. The van der Waals surface area contributed by atoms with E-state index in [1.807, 2.05) is 30.1 Å². The van der Waals surface area contributed by atoms with Crippen molar-refractivity contribution in [2.24, 2.45) is 7.05 Å². The van der Waals surface area contributed by atoms with Crippen LogP contribution in [0.4, 0.5) is 5.69 Å². The Kier molecular flexibility index (Phi) is 4.39. The van der Waals surface area contributed by atoms with Gasteiger partial charge in [-0.05, 0) is 24.1 Å². The Bertz CT molecular complexity index is 752. The zero-order valence-corrected chi connectivity index (χ0v) is 12.2. The van der Waals surface area contributed by atoms with Crippen LogP contribution in [-0.2, 0) is 23.5 Å². The van der Waals surface area contributed by atoms with Crippen molar-refractivity contribution in [2.75, 3.05) is 6.54 Å². The van der Waals surface area contributed by atoms with Gasteiger partial charge in [-0.25, -0.2) is 13.1 Å². The molecule has 0 amide bonds. The summed E-state index contributed by atoms with van der Waals surface area (Å²) in [5, 5.41) is 10.7. The minimum atomic E-state index is -3.74. The number of nitrogens with zero attached hydrogens (tertiary/aromatic N) is 2. The first-order chi connectivity index (χ1) is 9.88. The van der Waals surface area contributed by atoms with Gasteiger partial charge < -0.3 is 4.57 Å². The summed E-state index contributed by atoms with van der Waals surface area (Å²) in [6.45, 7) is 0.231. The number of aryl methyl sites for hydroxylation is 1. The summed E-state index contributed by atoms with van der Waals surface area (Å²) < 4.78 is 28.4. The Balaban J connectivity index is 2.04. The fourth-order valence-electron chi connectivity index (χ4n) is 1.89. The lowest BCUT2D eigenvalue weighted by Crippen LogP contribution is -2.26. The van der Waals surface area contributed by atoms with Gasteiger partial charge in [-0.2, -0.15) is 0 Å². The Morgan fingerprint density at radius 2 is 2.10 bits per heavy atom. The maximum absolute atomic E-state index is 12.1. The van der Waals surface area contributed by atoms with Gasteiger partial charge in [0.05, 0.1) is 9.82 Å². The summed E-state index contributed by atoms with van der Waals surface area (Å²) in [5.41, 5.74) is 0.764. The Morgan fingerprint density at radius 1 is 1.33 bits per heavy atom. The van der Waals surface area contributed by atoms with Crippen LogP contribution < -0.4 is 4.72 Å². The third kappa shape index (κ3) is 3.89. The van der Waals surface area contributed by atoms with E-state index in [4.69, 9.17) is 0 Å². The summed E-state index contributed by atoms with van der Waals surface area (Å²) in [5.74, 6) is 0. The van der Waals surface area contributed by atoms with Crippen molar-refractivity contribution in [3.05, 3.63) is 58.4 Å². The van der Waals surface area contributed by atoms with E-state index in [2.05, 4.69) is 4.72 Å². The molecule has 2 aromatic rings. The lowest BCUT2D eigenvalue weighted by Gasteiger charge is -2.06. The van der Waals surface area contributed by atoms with E-state index in [1.165, 1.54) is 18.2 Å². The number of hydrogen-bond acceptors (Lipinski definition) is 4. The van der Waals surface area contributed by atoms with Gasteiger partial charge in [-0.15, -0.1) is 0 Å². The average Bonchev–Trinajstić information content (AvgIpc) is 2.84. The number of nitrogens with one attached hydrogen (secondary N) is 1. The van der Waals surface area contributed by atoms with Crippen LogP contribution in [0, 0.1) is 10.1 Å². The highest BCUT2D eigenvalue weighted by Crippen LogP contribution is 2.17. The summed E-state index contributed by atoms with van der Waals surface area (Å²) in [7, 11) is -1.86. The van der Waals surface area contributed by atoms with Crippen LogP contribution in [0.2, 0.25) is 0 Å². The van der Waals surface area contributed by atoms with Gasteiger partial charge in [0.2, 0.25) is 10.0 Å². The second-order valence-electron chi connectivity index (χ2n) is 4.59. The smallest absolute Gasteiger partial charge is 0.270 e. The molecule has 0 spiro atoms. The molecule has 8 heteroatoms. The predicted octanol–water partition coefficient (Wildman–Crippen LogP) is 1.45. The third-order valence-electron chi connectivity index (χ3n) is 2.94. The van der Waals surface area contributed by atoms with Gasteiger partial charge in [0, 0.05) is 38.1 Å². The quantitative estimate of drug-likeness (QED) is 0.645. The molecular weight excluding hydrogens is 294 g/mol. The Morgan fingerprint density at radius 3 is 2.71 bits per heavy atom. The molecule has 0 atom stereocenters. The normalized spacial score (nSPS) is 11.5. The molecule has 0 bridgehead atoms. The van der Waals surface area contributed by atoms with Crippen LogP contribution >= 0.6 is 0 Å². The second-order valence-corrected chi connectivity index (χ2v) is 6.35. The van der Waals surface area contributed by atoms with Crippen LogP contribution in [0.25, 0.3) is 0 Å². The van der Waals surface area contributed by atoms with Crippen molar-refractivity contribution in [2.45, 2.75) is 11.3 Å². The van der Waals surface area contributed by atoms with Crippen LogP contribution in [0.1, 0.15) is 5.56 Å². The average molecular weight is 309 g/mol. The first-order valence-corrected chi connectivity index (χ1v) is 7.72. The molecule has 0 fully saturated rings. The number of nitro groups is 1. The van der Waals surface area contributed by atoms with Crippen molar-refractivity contribution in [3.63, 3.8) is 0 Å². The van der Waals surface area contributed by atoms with Gasteiger partial charge in [-0.3, -0.25) is 10.1 Å². The fourth-order valence-corrected chi connectivity index (χ4v) is 2.96. The zero-order valence-electron chi connectivity index (χ0n) is 11.4. The van der Waals surface area contributed by atoms with E-state index in [9.17, 15) is 18.5 Å². The van der Waals surface area contributed by atoms with Crippen molar-refractivity contribution < 1.29 is 13.3 Å². The molecule has 7 nitrogen and oxygen atoms in total. The molecule has 0 saturated heterocycles.